The Balaban J connectivity index is 0.991. The molecule has 13 heteroatoms. The summed E-state index contributed by atoms with van der Waals surface area (Å²) in [7, 11) is 3.00. The highest BCUT2D eigenvalue weighted by molar-refractivity contribution is 6.07. The van der Waals surface area contributed by atoms with Gasteiger partial charge in [-0.2, -0.15) is 0 Å². The van der Waals surface area contributed by atoms with Gasteiger partial charge in [-0.25, -0.2) is 19.6 Å². The quantitative estimate of drug-likeness (QED) is 0.139. The van der Waals surface area contributed by atoms with E-state index in [9.17, 15) is 14.4 Å². The highest BCUT2D eigenvalue weighted by Crippen LogP contribution is 2.53. The number of rotatable bonds is 8. The van der Waals surface area contributed by atoms with Gasteiger partial charge in [-0.15, -0.1) is 0 Å². The number of piperidine rings is 1. The number of H-pyrrole nitrogens is 2. The second-order valence-electron chi connectivity index (χ2n) is 17.7. The number of aromatic nitrogens is 4. The summed E-state index contributed by atoms with van der Waals surface area (Å²) in [5.41, 5.74) is 5.16. The van der Waals surface area contributed by atoms with E-state index in [0.717, 1.165) is 85.6 Å². The van der Waals surface area contributed by atoms with Crippen molar-refractivity contribution in [3.05, 3.63) is 72.3 Å². The summed E-state index contributed by atoms with van der Waals surface area (Å²) >= 11 is 0. The number of likely N-dealkylation sites (tertiary alicyclic amines) is 2. The average molecular weight is 786 g/mol. The standard InChI is InChI=1S/C45H51N7O6/c1-23(2)37(50-43(54)57-7)42(53)52-34-19-29(34)20-36(52)41-47-33-15-11-28-18-26(9-13-31(28)39(33)49-41)25-8-12-30-27(17-25)10-14-32-38(30)48-40(46-32)35-16-24(22-56-6)21-51(35)44(55)58-45(3,4)5/h8-15,17-18,23-24,29,34-37H,16,19-22H2,1-7H3,(H,46,48)(H,47,49)(H,50,54)/t24-,29+,34+,35-,36-,37?/m0/s1. The molecule has 1 unspecified atom stereocenters. The summed E-state index contributed by atoms with van der Waals surface area (Å²) in [6, 6.07) is 20.3. The van der Waals surface area contributed by atoms with Gasteiger partial charge < -0.3 is 34.4 Å². The number of fused-ring (bicyclic) bond motifs is 7. The Morgan fingerprint density at radius 3 is 1.98 bits per heavy atom. The van der Waals surface area contributed by atoms with Crippen LogP contribution in [-0.4, -0.2) is 92.9 Å². The topological polar surface area (TPSA) is 155 Å². The summed E-state index contributed by atoms with van der Waals surface area (Å²) in [6.45, 7) is 10.6. The van der Waals surface area contributed by atoms with Gasteiger partial charge in [0.05, 0.1) is 47.9 Å². The molecule has 2 aliphatic heterocycles. The molecule has 3 aliphatic rings. The molecule has 9 rings (SSSR count). The van der Waals surface area contributed by atoms with Crippen molar-refractivity contribution in [3.8, 4) is 11.1 Å². The van der Waals surface area contributed by atoms with Crippen molar-refractivity contribution in [1.82, 2.24) is 35.1 Å². The number of ether oxygens (including phenoxy) is 3. The van der Waals surface area contributed by atoms with Crippen molar-refractivity contribution in [1.29, 1.82) is 0 Å². The van der Waals surface area contributed by atoms with Crippen LogP contribution in [0.2, 0.25) is 0 Å². The number of carbonyl (C=O) groups is 3. The molecule has 2 aromatic heterocycles. The number of nitrogens with zero attached hydrogens (tertiary/aromatic N) is 4. The van der Waals surface area contributed by atoms with Crippen molar-refractivity contribution in [2.24, 2.45) is 17.8 Å². The minimum atomic E-state index is -0.681. The van der Waals surface area contributed by atoms with Crippen molar-refractivity contribution < 1.29 is 28.6 Å². The molecular formula is C45H51N7O6. The lowest BCUT2D eigenvalue weighted by atomic mass is 9.98. The van der Waals surface area contributed by atoms with Gasteiger partial charge in [0.1, 0.15) is 23.3 Å². The van der Waals surface area contributed by atoms with Crippen molar-refractivity contribution in [2.45, 2.75) is 83.6 Å². The summed E-state index contributed by atoms with van der Waals surface area (Å²) in [5, 5.41) is 7.03. The van der Waals surface area contributed by atoms with Crippen LogP contribution in [0.15, 0.2) is 60.7 Å². The maximum absolute atomic E-state index is 14.0. The summed E-state index contributed by atoms with van der Waals surface area (Å²) in [6.07, 6.45) is 1.60. The molecule has 6 aromatic rings. The molecule has 0 spiro atoms. The molecule has 1 saturated carbocycles. The van der Waals surface area contributed by atoms with Gasteiger partial charge in [0.15, 0.2) is 0 Å². The van der Waals surface area contributed by atoms with E-state index in [2.05, 4.69) is 63.8 Å². The zero-order valence-electron chi connectivity index (χ0n) is 34.1. The predicted molar refractivity (Wildman–Crippen MR) is 222 cm³/mol. The first-order chi connectivity index (χ1) is 27.8. The Hall–Kier alpha value is -5.69. The van der Waals surface area contributed by atoms with Crippen LogP contribution >= 0.6 is 0 Å². The molecule has 3 amide bonds. The van der Waals surface area contributed by atoms with Crippen LogP contribution in [-0.2, 0) is 19.0 Å². The van der Waals surface area contributed by atoms with Gasteiger partial charge in [0.25, 0.3) is 0 Å². The lowest BCUT2D eigenvalue weighted by Crippen LogP contribution is -2.52. The number of amides is 3. The number of hydrogen-bond acceptors (Lipinski definition) is 8. The minimum Gasteiger partial charge on any atom is -0.453 e. The molecule has 4 aromatic carbocycles. The number of nitrogens with one attached hydrogen (secondary N) is 3. The molecule has 1 aliphatic carbocycles. The molecular weight excluding hydrogens is 735 g/mol. The second-order valence-corrected chi connectivity index (χ2v) is 17.7. The van der Waals surface area contributed by atoms with Crippen LogP contribution in [0, 0.1) is 17.8 Å². The second kappa shape index (κ2) is 14.3. The van der Waals surface area contributed by atoms with Crippen molar-refractivity contribution in [2.75, 3.05) is 27.4 Å². The molecule has 0 bridgehead atoms. The van der Waals surface area contributed by atoms with E-state index < -0.39 is 17.7 Å². The average Bonchev–Trinajstić information content (AvgIpc) is 3.62. The van der Waals surface area contributed by atoms with E-state index in [1.165, 1.54) is 7.11 Å². The minimum absolute atomic E-state index is 0.0933. The van der Waals surface area contributed by atoms with E-state index in [1.54, 1.807) is 12.0 Å². The Labute approximate surface area is 336 Å². The smallest absolute Gasteiger partial charge is 0.410 e. The van der Waals surface area contributed by atoms with E-state index in [-0.39, 0.29) is 42.0 Å². The normalized spacial score (nSPS) is 22.3. The van der Waals surface area contributed by atoms with Crippen LogP contribution in [0.1, 0.15) is 77.6 Å². The van der Waals surface area contributed by atoms with Gasteiger partial charge >= 0.3 is 12.2 Å². The fraction of sp³-hybridized carbons (Fsp3) is 0.444. The van der Waals surface area contributed by atoms with Crippen LogP contribution in [0.25, 0.3) is 54.7 Å². The number of hydrogen-bond donors (Lipinski definition) is 3. The van der Waals surface area contributed by atoms with E-state index >= 15 is 0 Å². The number of methoxy groups -OCH3 is 2. The van der Waals surface area contributed by atoms with Crippen LogP contribution in [0.3, 0.4) is 0 Å². The third-order valence-electron chi connectivity index (χ3n) is 12.1. The molecule has 2 saturated heterocycles. The third kappa shape index (κ3) is 6.78. The van der Waals surface area contributed by atoms with Gasteiger partial charge in [-0.3, -0.25) is 9.69 Å². The Kier molecular flexibility index (Phi) is 9.33. The fourth-order valence-corrected chi connectivity index (χ4v) is 9.27. The summed E-state index contributed by atoms with van der Waals surface area (Å²) in [4.78, 5) is 60.3. The molecule has 13 nitrogen and oxygen atoms in total. The first-order valence-electron chi connectivity index (χ1n) is 20.3. The Morgan fingerprint density at radius 2 is 1.43 bits per heavy atom. The summed E-state index contributed by atoms with van der Waals surface area (Å²) < 4.78 is 16.1. The monoisotopic (exact) mass is 785 g/mol. The molecule has 58 heavy (non-hydrogen) atoms. The van der Waals surface area contributed by atoms with Crippen LogP contribution < -0.4 is 5.32 Å². The van der Waals surface area contributed by atoms with Crippen LogP contribution in [0.4, 0.5) is 9.59 Å². The first kappa shape index (κ1) is 37.9. The third-order valence-corrected chi connectivity index (χ3v) is 12.1. The maximum Gasteiger partial charge on any atom is 0.410 e. The van der Waals surface area contributed by atoms with E-state index in [0.29, 0.717) is 19.1 Å². The predicted octanol–water partition coefficient (Wildman–Crippen LogP) is 8.40. The lowest BCUT2D eigenvalue weighted by Gasteiger charge is -2.31. The highest BCUT2D eigenvalue weighted by Gasteiger charge is 2.56. The lowest BCUT2D eigenvalue weighted by molar-refractivity contribution is -0.136. The van der Waals surface area contributed by atoms with Gasteiger partial charge in [0, 0.05) is 36.4 Å². The molecule has 0 radical (unpaired) electrons. The van der Waals surface area contributed by atoms with E-state index in [4.69, 9.17) is 24.2 Å². The number of imidazole rings is 2. The SMILES string of the molecule is COC[C@H]1C[C@@H](c2nc3ccc4cc(-c5ccc6c(ccc7nc([C@@H]8C[C@H]9C[C@H]9N8C(=O)C(NC(=O)OC)C(C)C)[nH]c76)c5)ccc4c3[nH]2)N(C(=O)OC(C)(C)C)C1. The zero-order valence-corrected chi connectivity index (χ0v) is 34.1. The zero-order chi connectivity index (χ0) is 40.6. The number of benzene rings is 4. The molecule has 302 valence electrons. The van der Waals surface area contributed by atoms with E-state index in [1.807, 2.05) is 51.7 Å². The van der Waals surface area contributed by atoms with Gasteiger partial charge in [0.2, 0.25) is 5.91 Å². The fourth-order valence-electron chi connectivity index (χ4n) is 9.27. The summed E-state index contributed by atoms with van der Waals surface area (Å²) in [5.74, 6) is 1.95. The number of carbonyl (C=O) groups excluding carboxylic acids is 3. The van der Waals surface area contributed by atoms with Crippen molar-refractivity contribution in [3.63, 3.8) is 0 Å². The number of alkyl carbamates (subject to hydrolysis) is 1. The molecule has 4 heterocycles. The Morgan fingerprint density at radius 1 is 0.828 bits per heavy atom. The van der Waals surface area contributed by atoms with Gasteiger partial charge in [-0.1, -0.05) is 50.2 Å². The highest BCUT2D eigenvalue weighted by atomic mass is 16.6. The van der Waals surface area contributed by atoms with Crippen molar-refractivity contribution >= 4 is 61.7 Å². The van der Waals surface area contributed by atoms with Gasteiger partial charge in [-0.05, 0) is 98.0 Å². The Bertz CT molecular complexity index is 2590. The first-order valence-corrected chi connectivity index (χ1v) is 20.3. The van der Waals surface area contributed by atoms with Crippen LogP contribution in [0.5, 0.6) is 0 Å². The molecule has 3 fully saturated rings. The maximum atomic E-state index is 14.0. The molecule has 3 N–H and O–H groups in total. The largest absolute Gasteiger partial charge is 0.453 e. The molecule has 6 atom stereocenters. The number of aromatic amines is 2.